The Balaban J connectivity index is 1.56. The maximum absolute atomic E-state index is 13.4. The molecule has 43 heavy (non-hydrogen) atoms. The van der Waals surface area contributed by atoms with Gasteiger partial charge in [0, 0.05) is 13.1 Å². The third-order valence-corrected chi connectivity index (χ3v) is 6.97. The van der Waals surface area contributed by atoms with Gasteiger partial charge in [-0.15, -0.1) is 0 Å². The van der Waals surface area contributed by atoms with Gasteiger partial charge in [0.2, 0.25) is 11.8 Å². The molecular formula is C32H44N4O7. The van der Waals surface area contributed by atoms with Gasteiger partial charge >= 0.3 is 12.2 Å². The summed E-state index contributed by atoms with van der Waals surface area (Å²) in [5, 5.41) is 18.8. The lowest BCUT2D eigenvalue weighted by Gasteiger charge is -2.26. The highest BCUT2D eigenvalue weighted by atomic mass is 16.6. The van der Waals surface area contributed by atoms with E-state index in [4.69, 9.17) is 9.47 Å². The number of hydrogen-bond acceptors (Lipinski definition) is 7. The van der Waals surface area contributed by atoms with E-state index in [0.717, 1.165) is 11.1 Å². The maximum atomic E-state index is 13.4. The molecule has 4 atom stereocenters. The molecule has 0 saturated carbocycles. The normalized spacial score (nSPS) is 17.7. The van der Waals surface area contributed by atoms with Gasteiger partial charge < -0.3 is 35.4 Å². The standard InChI is InChI=1S/C32H44N4O7/c1-21(2)15-25(34-31(40)42-19-23-11-7-5-8-12-23)29(38)33-27-17-36(18-28(27)37)30(39)26(16-22(3)4)35-32(41)43-20-24-13-9-6-10-14-24/h5-14,21-22,25-28,37H,15-20H2,1-4H3,(H,33,38)(H,34,40)(H,35,41)/t25-,26-,27?,28?/m0/s1. The van der Waals surface area contributed by atoms with Crippen LogP contribution in [0.3, 0.4) is 0 Å². The summed E-state index contributed by atoms with van der Waals surface area (Å²) in [4.78, 5) is 53.1. The number of nitrogens with zero attached hydrogens (tertiary/aromatic N) is 1. The van der Waals surface area contributed by atoms with Crippen molar-refractivity contribution in [3.63, 3.8) is 0 Å². The number of carbonyl (C=O) groups excluding carboxylic acids is 4. The molecule has 2 aromatic carbocycles. The van der Waals surface area contributed by atoms with Crippen LogP contribution in [-0.4, -0.2) is 71.3 Å². The second-order valence-electron chi connectivity index (χ2n) is 11.7. The number of hydrogen-bond donors (Lipinski definition) is 4. The smallest absolute Gasteiger partial charge is 0.408 e. The van der Waals surface area contributed by atoms with Crippen LogP contribution in [-0.2, 0) is 32.3 Å². The van der Waals surface area contributed by atoms with Gasteiger partial charge in [-0.1, -0.05) is 88.4 Å². The average Bonchev–Trinajstić information content (AvgIpc) is 3.34. The minimum Gasteiger partial charge on any atom is -0.445 e. The SMILES string of the molecule is CC(C)C[C@H](NC(=O)OCc1ccccc1)C(=O)NC1CN(C(=O)[C@H](CC(C)C)NC(=O)OCc2ccccc2)CC1O. The number of amides is 4. The molecule has 2 aromatic rings. The number of aliphatic hydroxyl groups is 1. The number of alkyl carbamates (subject to hydrolysis) is 2. The van der Waals surface area contributed by atoms with Crippen LogP contribution in [0.2, 0.25) is 0 Å². The van der Waals surface area contributed by atoms with Crippen molar-refractivity contribution in [2.45, 2.75) is 78.0 Å². The Kier molecular flexibility index (Phi) is 12.8. The van der Waals surface area contributed by atoms with Crippen LogP contribution < -0.4 is 16.0 Å². The molecule has 1 saturated heterocycles. The predicted octanol–water partition coefficient (Wildman–Crippen LogP) is 3.36. The van der Waals surface area contributed by atoms with Gasteiger partial charge in [0.25, 0.3) is 0 Å². The highest BCUT2D eigenvalue weighted by Gasteiger charge is 2.39. The third-order valence-electron chi connectivity index (χ3n) is 6.97. The Morgan fingerprint density at radius 2 is 1.23 bits per heavy atom. The lowest BCUT2D eigenvalue weighted by Crippen LogP contribution is -2.53. The van der Waals surface area contributed by atoms with Gasteiger partial charge in [0.05, 0.1) is 12.1 Å². The summed E-state index contributed by atoms with van der Waals surface area (Å²) in [5.41, 5.74) is 1.64. The topological polar surface area (TPSA) is 146 Å². The largest absolute Gasteiger partial charge is 0.445 e. The number of β-amino-alcohol motifs (C(OH)–C–C–N with tert-alkyl or cyclic N) is 1. The summed E-state index contributed by atoms with van der Waals surface area (Å²) < 4.78 is 10.6. The molecule has 3 rings (SSSR count). The highest BCUT2D eigenvalue weighted by Crippen LogP contribution is 2.16. The molecule has 1 fully saturated rings. The first-order chi connectivity index (χ1) is 20.5. The van der Waals surface area contributed by atoms with Gasteiger partial charge in [-0.3, -0.25) is 9.59 Å². The summed E-state index contributed by atoms with van der Waals surface area (Å²) in [6.45, 7) is 7.89. The number of aliphatic hydroxyl groups excluding tert-OH is 1. The molecule has 11 nitrogen and oxygen atoms in total. The minimum absolute atomic E-state index is 0.0134. The third kappa shape index (κ3) is 11.2. The van der Waals surface area contributed by atoms with Gasteiger partial charge in [-0.2, -0.15) is 0 Å². The van der Waals surface area contributed by atoms with E-state index >= 15 is 0 Å². The van der Waals surface area contributed by atoms with Gasteiger partial charge in [0.15, 0.2) is 0 Å². The maximum Gasteiger partial charge on any atom is 0.408 e. The highest BCUT2D eigenvalue weighted by molar-refractivity contribution is 5.87. The first-order valence-corrected chi connectivity index (χ1v) is 14.7. The average molecular weight is 597 g/mol. The molecule has 2 unspecified atom stereocenters. The van der Waals surface area contributed by atoms with Crippen molar-refractivity contribution in [1.29, 1.82) is 0 Å². The number of carbonyl (C=O) groups is 4. The minimum atomic E-state index is -1.03. The van der Waals surface area contributed by atoms with Crippen LogP contribution in [0.15, 0.2) is 60.7 Å². The fourth-order valence-corrected chi connectivity index (χ4v) is 4.82. The molecule has 1 heterocycles. The zero-order chi connectivity index (χ0) is 31.4. The number of likely N-dealkylation sites (tertiary alicyclic amines) is 1. The number of nitrogens with one attached hydrogen (secondary N) is 3. The van der Waals surface area contributed by atoms with E-state index in [9.17, 15) is 24.3 Å². The Bertz CT molecular complexity index is 1190. The second-order valence-corrected chi connectivity index (χ2v) is 11.7. The summed E-state index contributed by atoms with van der Waals surface area (Å²) >= 11 is 0. The van der Waals surface area contributed by atoms with Crippen LogP contribution in [0.5, 0.6) is 0 Å². The summed E-state index contributed by atoms with van der Waals surface area (Å²) in [7, 11) is 0. The van der Waals surface area contributed by atoms with Crippen molar-refractivity contribution in [2.24, 2.45) is 11.8 Å². The molecule has 0 spiro atoms. The van der Waals surface area contributed by atoms with Crippen LogP contribution in [0.1, 0.15) is 51.7 Å². The first kappa shape index (κ1) is 33.4. The predicted molar refractivity (Wildman–Crippen MR) is 161 cm³/mol. The van der Waals surface area contributed by atoms with Crippen molar-refractivity contribution in [3.05, 3.63) is 71.8 Å². The van der Waals surface area contributed by atoms with E-state index in [0.29, 0.717) is 12.8 Å². The van der Waals surface area contributed by atoms with E-state index in [2.05, 4.69) is 16.0 Å². The fourth-order valence-electron chi connectivity index (χ4n) is 4.82. The van der Waals surface area contributed by atoms with Crippen LogP contribution in [0.25, 0.3) is 0 Å². The van der Waals surface area contributed by atoms with E-state index in [-0.39, 0.29) is 44.0 Å². The van der Waals surface area contributed by atoms with Crippen LogP contribution >= 0.6 is 0 Å². The molecule has 0 bridgehead atoms. The quantitative estimate of drug-likeness (QED) is 0.277. The Morgan fingerprint density at radius 1 is 0.767 bits per heavy atom. The summed E-state index contributed by atoms with van der Waals surface area (Å²) in [6, 6.07) is 15.9. The lowest BCUT2D eigenvalue weighted by molar-refractivity contribution is -0.133. The zero-order valence-electron chi connectivity index (χ0n) is 25.3. The molecule has 0 radical (unpaired) electrons. The molecule has 11 heteroatoms. The van der Waals surface area contributed by atoms with E-state index in [1.807, 2.05) is 88.4 Å². The Labute approximate surface area is 253 Å². The van der Waals surface area contributed by atoms with Gasteiger partial charge in [-0.25, -0.2) is 9.59 Å². The lowest BCUT2D eigenvalue weighted by atomic mass is 10.0. The molecule has 4 N–H and O–H groups in total. The van der Waals surface area contributed by atoms with Crippen molar-refractivity contribution in [1.82, 2.24) is 20.9 Å². The number of benzene rings is 2. The molecular weight excluding hydrogens is 552 g/mol. The Morgan fingerprint density at radius 3 is 1.72 bits per heavy atom. The van der Waals surface area contributed by atoms with E-state index < -0.39 is 42.3 Å². The van der Waals surface area contributed by atoms with E-state index in [1.165, 1.54) is 4.90 Å². The monoisotopic (exact) mass is 596 g/mol. The molecule has 1 aliphatic heterocycles. The summed E-state index contributed by atoms with van der Waals surface area (Å²) in [6.07, 6.45) is -1.75. The van der Waals surface area contributed by atoms with E-state index in [1.54, 1.807) is 0 Å². The first-order valence-electron chi connectivity index (χ1n) is 14.7. The number of ether oxygens (including phenoxy) is 2. The zero-order valence-corrected chi connectivity index (χ0v) is 25.3. The van der Waals surface area contributed by atoms with Crippen LogP contribution in [0, 0.1) is 11.8 Å². The molecule has 0 aliphatic carbocycles. The molecule has 234 valence electrons. The van der Waals surface area contributed by atoms with Crippen LogP contribution in [0.4, 0.5) is 9.59 Å². The fraction of sp³-hybridized carbons (Fsp3) is 0.500. The molecule has 0 aromatic heterocycles. The van der Waals surface area contributed by atoms with Crippen molar-refractivity contribution < 1.29 is 33.8 Å². The Hall–Kier alpha value is -4.12. The molecule has 1 aliphatic rings. The van der Waals surface area contributed by atoms with Crippen molar-refractivity contribution >= 4 is 24.0 Å². The summed E-state index contributed by atoms with van der Waals surface area (Å²) in [5.74, 6) is -0.676. The van der Waals surface area contributed by atoms with Crippen molar-refractivity contribution in [3.8, 4) is 0 Å². The van der Waals surface area contributed by atoms with Gasteiger partial charge in [-0.05, 0) is 35.8 Å². The van der Waals surface area contributed by atoms with Crippen molar-refractivity contribution in [2.75, 3.05) is 13.1 Å². The van der Waals surface area contributed by atoms with Gasteiger partial charge in [0.1, 0.15) is 25.3 Å². The molecule has 4 amide bonds. The number of rotatable bonds is 13. The second kappa shape index (κ2) is 16.5.